The van der Waals surface area contributed by atoms with Crippen LogP contribution in [0.3, 0.4) is 0 Å². The molecule has 0 aliphatic heterocycles. The third-order valence-corrected chi connectivity index (χ3v) is 4.03. The average molecular weight is 309 g/mol. The second kappa shape index (κ2) is 8.96. The van der Waals surface area contributed by atoms with Gasteiger partial charge >= 0.3 is 6.98 Å². The second-order valence-corrected chi connectivity index (χ2v) is 7.59. The van der Waals surface area contributed by atoms with E-state index >= 15 is 0 Å². The molecule has 0 saturated heterocycles. The fourth-order valence-corrected chi connectivity index (χ4v) is 2.38. The molecule has 0 aliphatic carbocycles. The van der Waals surface area contributed by atoms with Crippen molar-refractivity contribution in [2.24, 2.45) is 0 Å². The number of thiol groups is 1. The molecule has 21 heavy (non-hydrogen) atoms. The molecule has 0 spiro atoms. The highest BCUT2D eigenvalue weighted by atomic mass is 32.1. The largest absolute Gasteiger partial charge is 0.418 e. The molecule has 3 nitrogen and oxygen atoms in total. The topological polar surface area (TPSA) is 27.3 Å². The summed E-state index contributed by atoms with van der Waals surface area (Å²) >= 11 is 4.78. The summed E-state index contributed by atoms with van der Waals surface area (Å²) in [7, 11) is 4.11. The minimum Gasteiger partial charge on any atom is -0.418 e. The van der Waals surface area contributed by atoms with Crippen molar-refractivity contribution in [1.29, 1.82) is 0 Å². The van der Waals surface area contributed by atoms with Gasteiger partial charge in [0, 0.05) is 10.4 Å². The molecule has 0 aromatic rings. The molecule has 0 fully saturated rings. The van der Waals surface area contributed by atoms with Gasteiger partial charge in [-0.25, -0.2) is 0 Å². The monoisotopic (exact) mass is 309 g/mol. The minimum absolute atomic E-state index is 0.164. The van der Waals surface area contributed by atoms with Gasteiger partial charge in [-0.05, 0) is 53.8 Å². The zero-order valence-electron chi connectivity index (χ0n) is 15.3. The zero-order chi connectivity index (χ0) is 16.8. The van der Waals surface area contributed by atoms with Crippen molar-refractivity contribution in [1.82, 2.24) is 15.2 Å². The molecule has 0 atom stereocenters. The van der Waals surface area contributed by atoms with Crippen molar-refractivity contribution in [2.75, 3.05) is 14.1 Å². The summed E-state index contributed by atoms with van der Waals surface area (Å²) in [5.41, 5.74) is 3.83. The Morgan fingerprint density at radius 1 is 1.24 bits per heavy atom. The molecule has 0 aliphatic rings. The molecule has 0 bridgehead atoms. The van der Waals surface area contributed by atoms with Gasteiger partial charge < -0.3 is 15.2 Å². The number of hydrogen-bond donors (Lipinski definition) is 3. The maximum absolute atomic E-state index is 4.78. The first-order valence-corrected chi connectivity index (χ1v) is 8.25. The van der Waals surface area contributed by atoms with Crippen molar-refractivity contribution >= 4 is 26.6 Å². The lowest BCUT2D eigenvalue weighted by molar-refractivity contribution is 0.737. The molecule has 0 saturated carbocycles. The van der Waals surface area contributed by atoms with Crippen LogP contribution < -0.4 is 10.5 Å². The fraction of sp³-hybridized carbons (Fsp3) is 0.733. The number of hydrogen-bond acceptors (Lipinski definition) is 4. The number of rotatable bonds is 8. The van der Waals surface area contributed by atoms with Crippen LogP contribution in [0.25, 0.3) is 0 Å². The zero-order valence-corrected chi connectivity index (χ0v) is 16.2. The molecule has 0 aromatic carbocycles. The lowest BCUT2D eigenvalue weighted by Gasteiger charge is -2.31. The molecule has 120 valence electrons. The van der Waals surface area contributed by atoms with Crippen LogP contribution in [0.15, 0.2) is 22.9 Å². The Hall–Kier alpha value is -0.320. The van der Waals surface area contributed by atoms with Crippen LogP contribution in [0, 0.1) is 0 Å². The van der Waals surface area contributed by atoms with Crippen LogP contribution in [0.2, 0.25) is 13.6 Å². The normalized spacial score (nSPS) is 12.9. The predicted molar refractivity (Wildman–Crippen MR) is 103 cm³/mol. The third-order valence-electron chi connectivity index (χ3n) is 3.79. The van der Waals surface area contributed by atoms with Crippen LogP contribution in [0.5, 0.6) is 0 Å². The van der Waals surface area contributed by atoms with Gasteiger partial charge in [0.25, 0.3) is 6.98 Å². The summed E-state index contributed by atoms with van der Waals surface area (Å²) in [6.45, 7) is 15.7. The van der Waals surface area contributed by atoms with Crippen LogP contribution in [-0.2, 0) is 0 Å². The Morgan fingerprint density at radius 2 is 1.76 bits per heavy atom. The minimum atomic E-state index is -0.164. The van der Waals surface area contributed by atoms with Crippen molar-refractivity contribution < 1.29 is 0 Å². The van der Waals surface area contributed by atoms with Crippen molar-refractivity contribution in [3.63, 3.8) is 0 Å². The summed E-state index contributed by atoms with van der Waals surface area (Å²) in [6.07, 6.45) is 3.21. The lowest BCUT2D eigenvalue weighted by atomic mass is 9.63. The van der Waals surface area contributed by atoms with E-state index in [1.807, 2.05) is 7.05 Å². The van der Waals surface area contributed by atoms with Gasteiger partial charge in [0.15, 0.2) is 0 Å². The fourth-order valence-electron chi connectivity index (χ4n) is 2.18. The Kier molecular flexibility index (Phi) is 8.83. The van der Waals surface area contributed by atoms with E-state index in [4.69, 9.17) is 12.6 Å². The molecule has 0 aromatic heterocycles. The van der Waals surface area contributed by atoms with Gasteiger partial charge in [-0.1, -0.05) is 32.2 Å². The molecule has 0 heterocycles. The third kappa shape index (κ3) is 6.98. The lowest BCUT2D eigenvalue weighted by Crippen LogP contribution is -2.56. The predicted octanol–water partition coefficient (Wildman–Crippen LogP) is 3.30. The molecule has 2 N–H and O–H groups in total. The van der Waals surface area contributed by atoms with Gasteiger partial charge in [0.1, 0.15) is 0 Å². The Bertz CT molecular complexity index is 385. The van der Waals surface area contributed by atoms with Gasteiger partial charge in [-0.15, -0.1) is 0 Å². The molecular formula is C15H33B2N3S. The van der Waals surface area contributed by atoms with Gasteiger partial charge in [-0.2, -0.15) is 12.6 Å². The SMILES string of the molecule is CC/C(NB(C)N(C)B(C)NC)=C(\C=C(C)C)C(C)(C)S. The average Bonchev–Trinajstić information content (AvgIpc) is 2.39. The number of nitrogens with zero attached hydrogens (tertiary/aromatic N) is 1. The van der Waals surface area contributed by atoms with Gasteiger partial charge in [-0.3, -0.25) is 0 Å². The summed E-state index contributed by atoms with van der Waals surface area (Å²) in [5, 5.41) is 6.94. The maximum atomic E-state index is 4.78. The highest BCUT2D eigenvalue weighted by Crippen LogP contribution is 2.28. The van der Waals surface area contributed by atoms with Crippen LogP contribution in [0.4, 0.5) is 0 Å². The van der Waals surface area contributed by atoms with E-state index in [0.717, 1.165) is 6.42 Å². The Morgan fingerprint density at radius 3 is 2.10 bits per heavy atom. The summed E-state index contributed by atoms with van der Waals surface area (Å²) < 4.78 is 2.11. The molecule has 0 radical (unpaired) electrons. The van der Waals surface area contributed by atoms with Crippen molar-refractivity contribution in [3.05, 3.63) is 22.9 Å². The van der Waals surface area contributed by atoms with Crippen LogP contribution in [-0.4, -0.2) is 37.5 Å². The van der Waals surface area contributed by atoms with E-state index in [1.54, 1.807) is 0 Å². The summed E-state index contributed by atoms with van der Waals surface area (Å²) in [5.74, 6) is 0. The first-order chi connectivity index (χ1) is 9.54. The highest BCUT2D eigenvalue weighted by Gasteiger charge is 2.25. The smallest absolute Gasteiger partial charge is 0.326 e. The first-order valence-electron chi connectivity index (χ1n) is 7.81. The summed E-state index contributed by atoms with van der Waals surface area (Å²) in [4.78, 5) is 0. The van der Waals surface area contributed by atoms with Gasteiger partial charge in [0.2, 0.25) is 0 Å². The van der Waals surface area contributed by atoms with E-state index in [-0.39, 0.29) is 11.7 Å². The van der Waals surface area contributed by atoms with Gasteiger partial charge in [0.05, 0.1) is 0 Å². The number of nitrogens with one attached hydrogen (secondary N) is 2. The van der Waals surface area contributed by atoms with E-state index in [0.29, 0.717) is 6.98 Å². The molecule has 0 amide bonds. The Labute approximate surface area is 138 Å². The highest BCUT2D eigenvalue weighted by molar-refractivity contribution is 7.82. The standard InChI is InChI=1S/C15H33B2N3S/c1-10-14(13(11-12(2)3)15(4,5)21)19-17(7)20(9)16(6)18-8/h11,18-19,21H,10H2,1-9H3/b14-13-. The first kappa shape index (κ1) is 20.7. The van der Waals surface area contributed by atoms with Crippen molar-refractivity contribution in [3.8, 4) is 0 Å². The summed E-state index contributed by atoms with van der Waals surface area (Å²) in [6, 6.07) is 0. The van der Waals surface area contributed by atoms with E-state index in [2.05, 4.69) is 76.6 Å². The molecule has 0 unspecified atom stereocenters. The van der Waals surface area contributed by atoms with E-state index in [9.17, 15) is 0 Å². The number of allylic oxidation sites excluding steroid dienone is 3. The van der Waals surface area contributed by atoms with Crippen LogP contribution in [0.1, 0.15) is 41.0 Å². The molecular weight excluding hydrogens is 276 g/mol. The second-order valence-electron chi connectivity index (χ2n) is 6.48. The quantitative estimate of drug-likeness (QED) is 0.365. The van der Waals surface area contributed by atoms with Crippen molar-refractivity contribution in [2.45, 2.75) is 59.4 Å². The van der Waals surface area contributed by atoms with E-state index < -0.39 is 0 Å². The Balaban J connectivity index is 5.44. The van der Waals surface area contributed by atoms with Crippen LogP contribution >= 0.6 is 12.6 Å². The maximum Gasteiger partial charge on any atom is 0.326 e. The molecule has 0 rings (SSSR count). The molecule has 6 heteroatoms. The van der Waals surface area contributed by atoms with E-state index in [1.165, 1.54) is 16.8 Å².